The Labute approximate surface area is 137 Å². The Hall–Kier alpha value is -2.04. The van der Waals surface area contributed by atoms with E-state index in [1.165, 1.54) is 20.0 Å². The predicted molar refractivity (Wildman–Crippen MR) is 87.4 cm³/mol. The predicted octanol–water partition coefficient (Wildman–Crippen LogP) is 2.94. The summed E-state index contributed by atoms with van der Waals surface area (Å²) in [6.45, 7) is 3.91. The van der Waals surface area contributed by atoms with Crippen molar-refractivity contribution in [2.45, 2.75) is 51.7 Å². The van der Waals surface area contributed by atoms with Crippen LogP contribution in [0.15, 0.2) is 24.3 Å². The number of amides is 1. The van der Waals surface area contributed by atoms with Gasteiger partial charge in [0.1, 0.15) is 5.75 Å². The van der Waals surface area contributed by atoms with Crippen LogP contribution in [0, 0.1) is 5.92 Å². The first kappa shape index (κ1) is 17.3. The molecule has 0 bridgehead atoms. The highest BCUT2D eigenvalue weighted by Crippen LogP contribution is 2.24. The lowest BCUT2D eigenvalue weighted by Gasteiger charge is -2.30. The summed E-state index contributed by atoms with van der Waals surface area (Å²) in [5, 5.41) is 3.09. The van der Waals surface area contributed by atoms with E-state index in [1.54, 1.807) is 31.2 Å². The SMILES string of the molecule is COC(=O)c1ccc(O[C@H](C)C(=O)N[C@H]2CCCC[C@@H]2C)cc1. The molecule has 5 heteroatoms. The highest BCUT2D eigenvalue weighted by Gasteiger charge is 2.25. The molecule has 126 valence electrons. The van der Waals surface area contributed by atoms with Gasteiger partial charge in [-0.25, -0.2) is 4.79 Å². The van der Waals surface area contributed by atoms with Gasteiger partial charge in [-0.15, -0.1) is 0 Å². The van der Waals surface area contributed by atoms with Crippen LogP contribution >= 0.6 is 0 Å². The topological polar surface area (TPSA) is 64.6 Å². The molecule has 0 aromatic heterocycles. The molecule has 3 atom stereocenters. The number of esters is 1. The second kappa shape index (κ2) is 7.99. The summed E-state index contributed by atoms with van der Waals surface area (Å²) in [6.07, 6.45) is 4.03. The van der Waals surface area contributed by atoms with Crippen LogP contribution in [0.2, 0.25) is 0 Å². The number of methoxy groups -OCH3 is 1. The molecule has 23 heavy (non-hydrogen) atoms. The lowest BCUT2D eigenvalue weighted by atomic mass is 9.86. The second-order valence-corrected chi connectivity index (χ2v) is 6.15. The highest BCUT2D eigenvalue weighted by atomic mass is 16.5. The van der Waals surface area contributed by atoms with Crippen LogP contribution in [0.1, 0.15) is 49.9 Å². The fraction of sp³-hybridized carbons (Fsp3) is 0.556. The first-order valence-corrected chi connectivity index (χ1v) is 8.16. The zero-order valence-electron chi connectivity index (χ0n) is 14.0. The van der Waals surface area contributed by atoms with Crippen molar-refractivity contribution in [1.82, 2.24) is 5.32 Å². The van der Waals surface area contributed by atoms with Crippen molar-refractivity contribution in [3.8, 4) is 5.75 Å². The Balaban J connectivity index is 1.89. The lowest BCUT2D eigenvalue weighted by molar-refractivity contribution is -0.128. The minimum absolute atomic E-state index is 0.0965. The Morgan fingerprint density at radius 2 is 1.83 bits per heavy atom. The maximum absolute atomic E-state index is 12.3. The van der Waals surface area contributed by atoms with Crippen LogP contribution in [0.25, 0.3) is 0 Å². The van der Waals surface area contributed by atoms with Gasteiger partial charge in [-0.1, -0.05) is 19.8 Å². The van der Waals surface area contributed by atoms with E-state index < -0.39 is 12.1 Å². The third kappa shape index (κ3) is 4.71. The largest absolute Gasteiger partial charge is 0.481 e. The van der Waals surface area contributed by atoms with E-state index in [9.17, 15) is 9.59 Å². The van der Waals surface area contributed by atoms with Gasteiger partial charge >= 0.3 is 5.97 Å². The average molecular weight is 319 g/mol. The highest BCUT2D eigenvalue weighted by molar-refractivity contribution is 5.89. The van der Waals surface area contributed by atoms with Crippen LogP contribution in [0.3, 0.4) is 0 Å². The number of hydrogen-bond acceptors (Lipinski definition) is 4. The molecule has 1 amide bonds. The van der Waals surface area contributed by atoms with Gasteiger partial charge in [-0.3, -0.25) is 4.79 Å². The number of hydrogen-bond donors (Lipinski definition) is 1. The van der Waals surface area contributed by atoms with Crippen LogP contribution < -0.4 is 10.1 Å². The number of nitrogens with one attached hydrogen (secondary N) is 1. The molecule has 1 aliphatic carbocycles. The summed E-state index contributed by atoms with van der Waals surface area (Å²) in [7, 11) is 1.34. The zero-order chi connectivity index (χ0) is 16.8. The molecule has 0 spiro atoms. The minimum atomic E-state index is -0.576. The van der Waals surface area contributed by atoms with Gasteiger partial charge < -0.3 is 14.8 Å². The zero-order valence-corrected chi connectivity index (χ0v) is 14.0. The molecule has 1 aromatic rings. The molecular formula is C18H25NO4. The number of carbonyl (C=O) groups is 2. The molecule has 5 nitrogen and oxygen atoms in total. The van der Waals surface area contributed by atoms with Gasteiger partial charge in [0.25, 0.3) is 5.91 Å². The standard InChI is InChI=1S/C18H25NO4/c1-12-6-4-5-7-16(12)19-17(20)13(2)23-15-10-8-14(9-11-15)18(21)22-3/h8-13,16H,4-7H2,1-3H3,(H,19,20)/t12-,13+,16-/m0/s1. The summed E-state index contributed by atoms with van der Waals surface area (Å²) in [5.74, 6) is 0.575. The van der Waals surface area contributed by atoms with E-state index in [1.807, 2.05) is 0 Å². The van der Waals surface area contributed by atoms with Crippen LogP contribution in [0.4, 0.5) is 0 Å². The summed E-state index contributed by atoms with van der Waals surface area (Å²) < 4.78 is 10.3. The molecule has 2 rings (SSSR count). The third-order valence-electron chi connectivity index (χ3n) is 4.40. The molecule has 1 N–H and O–H groups in total. The van der Waals surface area contributed by atoms with E-state index >= 15 is 0 Å². The van der Waals surface area contributed by atoms with Crippen LogP contribution in [-0.4, -0.2) is 31.1 Å². The van der Waals surface area contributed by atoms with E-state index in [0.29, 0.717) is 17.2 Å². The van der Waals surface area contributed by atoms with Gasteiger partial charge in [0, 0.05) is 6.04 Å². The van der Waals surface area contributed by atoms with Crippen molar-refractivity contribution >= 4 is 11.9 Å². The van der Waals surface area contributed by atoms with E-state index in [4.69, 9.17) is 4.74 Å². The number of benzene rings is 1. The average Bonchev–Trinajstić information content (AvgIpc) is 2.56. The third-order valence-corrected chi connectivity index (χ3v) is 4.40. The van der Waals surface area contributed by atoms with Crippen molar-refractivity contribution < 1.29 is 19.1 Å². The Morgan fingerprint density at radius 3 is 2.43 bits per heavy atom. The number of rotatable bonds is 5. The van der Waals surface area contributed by atoms with E-state index in [-0.39, 0.29) is 11.9 Å². The van der Waals surface area contributed by atoms with Gasteiger partial charge in [-0.05, 0) is 49.9 Å². The molecule has 1 aromatic carbocycles. The summed E-state index contributed by atoms with van der Waals surface area (Å²) in [4.78, 5) is 23.7. The molecule has 0 saturated heterocycles. The normalized spacial score (nSPS) is 22.0. The molecular weight excluding hydrogens is 294 g/mol. The smallest absolute Gasteiger partial charge is 0.337 e. The Morgan fingerprint density at radius 1 is 1.17 bits per heavy atom. The molecule has 0 unspecified atom stereocenters. The first-order valence-electron chi connectivity index (χ1n) is 8.16. The summed E-state index contributed by atoms with van der Waals surface area (Å²) in [6, 6.07) is 6.81. The maximum Gasteiger partial charge on any atom is 0.337 e. The van der Waals surface area contributed by atoms with Crippen molar-refractivity contribution in [2.24, 2.45) is 5.92 Å². The molecule has 1 saturated carbocycles. The molecule has 0 radical (unpaired) electrons. The summed E-state index contributed by atoms with van der Waals surface area (Å²) >= 11 is 0. The van der Waals surface area contributed by atoms with Gasteiger partial charge in [0.15, 0.2) is 6.10 Å². The molecule has 1 aliphatic rings. The van der Waals surface area contributed by atoms with Gasteiger partial charge in [-0.2, -0.15) is 0 Å². The lowest BCUT2D eigenvalue weighted by Crippen LogP contribution is -2.46. The van der Waals surface area contributed by atoms with Crippen molar-refractivity contribution in [3.05, 3.63) is 29.8 Å². The van der Waals surface area contributed by atoms with E-state index in [0.717, 1.165) is 12.8 Å². The van der Waals surface area contributed by atoms with Crippen molar-refractivity contribution in [1.29, 1.82) is 0 Å². The number of carbonyl (C=O) groups excluding carboxylic acids is 2. The Bertz CT molecular complexity index is 540. The quantitative estimate of drug-likeness (QED) is 0.848. The molecule has 0 heterocycles. The van der Waals surface area contributed by atoms with Crippen molar-refractivity contribution in [2.75, 3.05) is 7.11 Å². The molecule has 0 aliphatic heterocycles. The Kier molecular flexibility index (Phi) is 6.02. The van der Waals surface area contributed by atoms with E-state index in [2.05, 4.69) is 17.0 Å². The fourth-order valence-corrected chi connectivity index (χ4v) is 2.88. The first-order chi connectivity index (χ1) is 11.0. The second-order valence-electron chi connectivity index (χ2n) is 6.15. The van der Waals surface area contributed by atoms with Crippen LogP contribution in [-0.2, 0) is 9.53 Å². The fourth-order valence-electron chi connectivity index (χ4n) is 2.88. The van der Waals surface area contributed by atoms with Gasteiger partial charge in [0.05, 0.1) is 12.7 Å². The van der Waals surface area contributed by atoms with Crippen LogP contribution in [0.5, 0.6) is 5.75 Å². The summed E-state index contributed by atoms with van der Waals surface area (Å²) in [5.41, 5.74) is 0.452. The van der Waals surface area contributed by atoms with Gasteiger partial charge in [0.2, 0.25) is 0 Å². The molecule has 1 fully saturated rings. The maximum atomic E-state index is 12.3. The van der Waals surface area contributed by atoms with Crippen molar-refractivity contribution in [3.63, 3.8) is 0 Å². The monoisotopic (exact) mass is 319 g/mol. The minimum Gasteiger partial charge on any atom is -0.481 e. The number of ether oxygens (including phenoxy) is 2.